The second-order valence-electron chi connectivity index (χ2n) is 9.74. The van der Waals surface area contributed by atoms with Crippen molar-refractivity contribution in [1.29, 1.82) is 0 Å². The van der Waals surface area contributed by atoms with Gasteiger partial charge in [0.2, 0.25) is 0 Å². The van der Waals surface area contributed by atoms with Crippen LogP contribution in [0.1, 0.15) is 68.7 Å². The van der Waals surface area contributed by atoms with Crippen molar-refractivity contribution < 1.29 is 4.43 Å². The Morgan fingerprint density at radius 1 is 0.952 bits per heavy atom. The van der Waals surface area contributed by atoms with E-state index in [1.165, 1.54) is 5.57 Å². The van der Waals surface area contributed by atoms with Gasteiger partial charge in [0, 0.05) is 6.61 Å². The van der Waals surface area contributed by atoms with Gasteiger partial charge in [-0.15, -0.1) is 5.73 Å². The van der Waals surface area contributed by atoms with Crippen LogP contribution in [0.25, 0.3) is 0 Å². The summed E-state index contributed by atoms with van der Waals surface area (Å²) in [5.74, 6) is 0. The Bertz CT molecular complexity index is 391. The van der Waals surface area contributed by atoms with Crippen LogP contribution in [0.3, 0.4) is 0 Å². The summed E-state index contributed by atoms with van der Waals surface area (Å²) in [7, 11) is -1.64. The van der Waals surface area contributed by atoms with Crippen LogP contribution < -0.4 is 0 Å². The van der Waals surface area contributed by atoms with Gasteiger partial charge < -0.3 is 4.43 Å². The number of rotatable bonds is 4. The summed E-state index contributed by atoms with van der Waals surface area (Å²) >= 11 is 0. The van der Waals surface area contributed by atoms with Crippen LogP contribution in [0.4, 0.5) is 0 Å². The summed E-state index contributed by atoms with van der Waals surface area (Å²) < 4.78 is 6.32. The van der Waals surface area contributed by atoms with Crippen molar-refractivity contribution in [2.45, 2.75) is 86.9 Å². The first-order valence-electron chi connectivity index (χ1n) is 8.17. The minimum atomic E-state index is -1.64. The van der Waals surface area contributed by atoms with Crippen molar-refractivity contribution in [2.24, 2.45) is 10.8 Å². The predicted octanol–water partition coefficient (Wildman–Crippen LogP) is 6.57. The highest BCUT2D eigenvalue weighted by Crippen LogP contribution is 2.37. The molecule has 0 aromatic carbocycles. The van der Waals surface area contributed by atoms with Gasteiger partial charge in [-0.25, -0.2) is 0 Å². The van der Waals surface area contributed by atoms with Gasteiger partial charge in [-0.2, -0.15) is 0 Å². The van der Waals surface area contributed by atoms with Crippen LogP contribution in [0.15, 0.2) is 17.4 Å². The Labute approximate surface area is 135 Å². The van der Waals surface area contributed by atoms with Crippen molar-refractivity contribution in [3.05, 3.63) is 17.4 Å². The Hall–Kier alpha value is -0.303. The smallest absolute Gasteiger partial charge is 0.191 e. The van der Waals surface area contributed by atoms with Crippen LogP contribution in [-0.2, 0) is 4.43 Å². The average molecular weight is 311 g/mol. The van der Waals surface area contributed by atoms with Crippen molar-refractivity contribution >= 4 is 8.32 Å². The minimum Gasteiger partial charge on any atom is -0.416 e. The molecule has 0 aliphatic carbocycles. The molecule has 0 atom stereocenters. The molecule has 0 aliphatic rings. The highest BCUT2D eigenvalue weighted by molar-refractivity contribution is 6.74. The van der Waals surface area contributed by atoms with Gasteiger partial charge in [-0.3, -0.25) is 0 Å². The van der Waals surface area contributed by atoms with Gasteiger partial charge >= 0.3 is 0 Å². The van der Waals surface area contributed by atoms with E-state index >= 15 is 0 Å². The van der Waals surface area contributed by atoms with Crippen LogP contribution in [0.5, 0.6) is 0 Å². The molecular weight excluding hydrogens is 272 g/mol. The van der Waals surface area contributed by atoms with E-state index in [1.807, 2.05) is 0 Å². The van der Waals surface area contributed by atoms with Crippen molar-refractivity contribution in [2.75, 3.05) is 6.61 Å². The molecule has 0 bridgehead atoms. The van der Waals surface area contributed by atoms with Crippen LogP contribution in [-0.4, -0.2) is 14.9 Å². The third-order valence-corrected chi connectivity index (χ3v) is 8.74. The van der Waals surface area contributed by atoms with Crippen LogP contribution in [0.2, 0.25) is 18.1 Å². The molecule has 1 nitrogen and oxygen atoms in total. The predicted molar refractivity (Wildman–Crippen MR) is 98.3 cm³/mol. The summed E-state index contributed by atoms with van der Waals surface area (Å²) in [5, 5.41) is 0.278. The topological polar surface area (TPSA) is 9.23 Å². The lowest BCUT2D eigenvalue weighted by atomic mass is 9.84. The first kappa shape index (κ1) is 20.7. The van der Waals surface area contributed by atoms with Crippen LogP contribution >= 0.6 is 0 Å². The minimum absolute atomic E-state index is 0.151. The van der Waals surface area contributed by atoms with Gasteiger partial charge in [-0.1, -0.05) is 62.3 Å². The lowest BCUT2D eigenvalue weighted by Crippen LogP contribution is -2.41. The van der Waals surface area contributed by atoms with E-state index in [4.69, 9.17) is 4.43 Å². The fourth-order valence-electron chi connectivity index (χ4n) is 1.59. The van der Waals surface area contributed by atoms with Gasteiger partial charge in [0.15, 0.2) is 8.32 Å². The first-order chi connectivity index (χ1) is 9.06. The molecule has 0 radical (unpaired) electrons. The standard InChI is InChI=1S/C19H38OSi/c1-17(2,3)14-12-16(18(4,5)6)13-15-20-21(10,11)19(7,8)9/h14H,13,15H2,1-11H3. The van der Waals surface area contributed by atoms with Crippen molar-refractivity contribution in [3.63, 3.8) is 0 Å². The van der Waals surface area contributed by atoms with Crippen molar-refractivity contribution in [1.82, 2.24) is 0 Å². The van der Waals surface area contributed by atoms with Gasteiger partial charge in [0.05, 0.1) is 0 Å². The van der Waals surface area contributed by atoms with Gasteiger partial charge in [-0.05, 0) is 47.0 Å². The molecule has 0 N–H and O–H groups in total. The maximum absolute atomic E-state index is 6.32. The lowest BCUT2D eigenvalue weighted by molar-refractivity contribution is 0.282. The molecule has 21 heavy (non-hydrogen) atoms. The number of hydrogen-bond donors (Lipinski definition) is 0. The Morgan fingerprint density at radius 2 is 1.43 bits per heavy atom. The van der Waals surface area contributed by atoms with Gasteiger partial charge in [0.1, 0.15) is 0 Å². The maximum atomic E-state index is 6.32. The fraction of sp³-hybridized carbons (Fsp3) is 0.842. The molecule has 0 spiro atoms. The molecule has 0 saturated carbocycles. The largest absolute Gasteiger partial charge is 0.416 e. The molecular formula is C19H38OSi. The molecule has 0 saturated heterocycles. The van der Waals surface area contributed by atoms with E-state index in [-0.39, 0.29) is 15.9 Å². The molecule has 0 aromatic rings. The highest BCUT2D eigenvalue weighted by atomic mass is 28.4. The lowest BCUT2D eigenvalue weighted by Gasteiger charge is -2.36. The van der Waals surface area contributed by atoms with E-state index in [0.29, 0.717) is 0 Å². The molecule has 0 fully saturated rings. The van der Waals surface area contributed by atoms with Crippen LogP contribution in [0, 0.1) is 10.8 Å². The van der Waals surface area contributed by atoms with E-state index < -0.39 is 8.32 Å². The van der Waals surface area contributed by atoms with E-state index in [0.717, 1.165) is 13.0 Å². The summed E-state index contributed by atoms with van der Waals surface area (Å²) in [5.41, 5.74) is 5.24. The zero-order valence-electron chi connectivity index (χ0n) is 16.4. The molecule has 0 aromatic heterocycles. The van der Waals surface area contributed by atoms with E-state index in [9.17, 15) is 0 Å². The van der Waals surface area contributed by atoms with Crippen molar-refractivity contribution in [3.8, 4) is 0 Å². The Kier molecular flexibility index (Phi) is 6.75. The quantitative estimate of drug-likeness (QED) is 0.421. The van der Waals surface area contributed by atoms with E-state index in [1.54, 1.807) is 0 Å². The zero-order valence-corrected chi connectivity index (χ0v) is 17.4. The third-order valence-electron chi connectivity index (χ3n) is 4.21. The third kappa shape index (κ3) is 8.04. The molecule has 0 aliphatic heterocycles. The SMILES string of the molecule is CC(C)(C)C=C=C(CCO[Si](C)(C)C(C)(C)C)C(C)(C)C. The maximum Gasteiger partial charge on any atom is 0.191 e. The molecule has 0 unspecified atom stereocenters. The fourth-order valence-corrected chi connectivity index (χ4v) is 2.64. The summed E-state index contributed by atoms with van der Waals surface area (Å²) in [4.78, 5) is 0. The zero-order chi connectivity index (χ0) is 17.1. The second kappa shape index (κ2) is 6.85. The molecule has 0 amide bonds. The Morgan fingerprint density at radius 3 is 1.76 bits per heavy atom. The molecule has 0 heterocycles. The average Bonchev–Trinajstić information content (AvgIpc) is 2.17. The normalized spacial score (nSPS) is 13.9. The number of hydrogen-bond acceptors (Lipinski definition) is 1. The first-order valence-corrected chi connectivity index (χ1v) is 11.1. The molecule has 2 heteroatoms. The monoisotopic (exact) mass is 310 g/mol. The molecule has 124 valence electrons. The molecule has 0 rings (SSSR count). The summed E-state index contributed by atoms with van der Waals surface area (Å²) in [6, 6.07) is 0. The van der Waals surface area contributed by atoms with Gasteiger partial charge in [0.25, 0.3) is 0 Å². The summed E-state index contributed by atoms with van der Waals surface area (Å²) in [6.45, 7) is 25.8. The van der Waals surface area contributed by atoms with E-state index in [2.05, 4.69) is 87.2 Å². The summed E-state index contributed by atoms with van der Waals surface area (Å²) in [6.07, 6.45) is 3.17. The Balaban J connectivity index is 4.96. The highest BCUT2D eigenvalue weighted by Gasteiger charge is 2.37. The second-order valence-corrected chi connectivity index (χ2v) is 14.6.